The summed E-state index contributed by atoms with van der Waals surface area (Å²) in [6.07, 6.45) is 4.77. The zero-order valence-corrected chi connectivity index (χ0v) is 16.1. The van der Waals surface area contributed by atoms with Gasteiger partial charge in [0, 0.05) is 42.7 Å². The monoisotopic (exact) mass is 385 g/mol. The number of rotatable bonds is 4. The van der Waals surface area contributed by atoms with Gasteiger partial charge in [0.05, 0.1) is 0 Å². The molecule has 0 radical (unpaired) electrons. The molecule has 1 N–H and O–H groups in total. The van der Waals surface area contributed by atoms with Crippen molar-refractivity contribution in [2.45, 2.75) is 18.9 Å². The van der Waals surface area contributed by atoms with E-state index in [1.54, 1.807) is 24.5 Å². The maximum absolute atomic E-state index is 12.6. The normalized spacial score (nSPS) is 14.4. The summed E-state index contributed by atoms with van der Waals surface area (Å²) >= 11 is 0. The molecule has 3 aromatic rings. The number of hydrogen-bond acceptors (Lipinski definition) is 3. The second kappa shape index (κ2) is 8.69. The topological polar surface area (TPSA) is 62.3 Å². The Labute approximate surface area is 170 Å². The van der Waals surface area contributed by atoms with E-state index in [9.17, 15) is 9.59 Å². The third kappa shape index (κ3) is 4.51. The number of nitrogens with one attached hydrogen (secondary N) is 1. The Bertz CT molecular complexity index is 964. The van der Waals surface area contributed by atoms with Gasteiger partial charge in [-0.25, -0.2) is 0 Å². The number of carbonyl (C=O) groups is 2. The number of hydrogen-bond donors (Lipinski definition) is 1. The molecule has 1 fully saturated rings. The molecule has 2 amide bonds. The van der Waals surface area contributed by atoms with Gasteiger partial charge in [0.25, 0.3) is 11.8 Å². The van der Waals surface area contributed by atoms with E-state index in [1.807, 2.05) is 47.4 Å². The molecule has 0 saturated carbocycles. The number of aromatic nitrogens is 1. The Hall–Kier alpha value is -3.47. The number of amides is 2. The van der Waals surface area contributed by atoms with Gasteiger partial charge in [-0.15, -0.1) is 0 Å². The van der Waals surface area contributed by atoms with Gasteiger partial charge in [0.1, 0.15) is 0 Å². The molecule has 2 heterocycles. The number of likely N-dealkylation sites (tertiary alicyclic amines) is 1. The van der Waals surface area contributed by atoms with Gasteiger partial charge in [0.2, 0.25) is 0 Å². The molecule has 4 rings (SSSR count). The van der Waals surface area contributed by atoms with E-state index in [-0.39, 0.29) is 17.9 Å². The molecule has 0 bridgehead atoms. The van der Waals surface area contributed by atoms with Crippen LogP contribution >= 0.6 is 0 Å². The van der Waals surface area contributed by atoms with Crippen LogP contribution in [-0.2, 0) is 0 Å². The van der Waals surface area contributed by atoms with E-state index < -0.39 is 0 Å². The molecule has 5 nitrogen and oxygen atoms in total. The second-order valence-corrected chi connectivity index (χ2v) is 7.22. The third-order valence-corrected chi connectivity index (χ3v) is 5.30. The SMILES string of the molecule is O=C(NC1CCN(C(=O)c2ccncc2)CC1)c1ccc(-c2ccccc2)cc1. The summed E-state index contributed by atoms with van der Waals surface area (Å²) in [5.41, 5.74) is 3.52. The highest BCUT2D eigenvalue weighted by atomic mass is 16.2. The van der Waals surface area contributed by atoms with Crippen LogP contribution in [0.25, 0.3) is 11.1 Å². The van der Waals surface area contributed by atoms with E-state index in [0.29, 0.717) is 24.2 Å². The summed E-state index contributed by atoms with van der Waals surface area (Å²) in [6.45, 7) is 1.28. The van der Waals surface area contributed by atoms with Gasteiger partial charge < -0.3 is 10.2 Å². The lowest BCUT2D eigenvalue weighted by molar-refractivity contribution is 0.0698. The van der Waals surface area contributed by atoms with Crippen LogP contribution in [0.3, 0.4) is 0 Å². The van der Waals surface area contributed by atoms with Crippen molar-refractivity contribution in [3.8, 4) is 11.1 Å². The quantitative estimate of drug-likeness (QED) is 0.743. The average Bonchev–Trinajstić information content (AvgIpc) is 2.80. The summed E-state index contributed by atoms with van der Waals surface area (Å²) < 4.78 is 0. The number of nitrogens with zero attached hydrogens (tertiary/aromatic N) is 2. The van der Waals surface area contributed by atoms with Crippen molar-refractivity contribution in [1.29, 1.82) is 0 Å². The minimum Gasteiger partial charge on any atom is -0.349 e. The minimum atomic E-state index is -0.0662. The van der Waals surface area contributed by atoms with Gasteiger partial charge in [-0.05, 0) is 48.2 Å². The van der Waals surface area contributed by atoms with Crippen LogP contribution in [-0.4, -0.2) is 40.8 Å². The smallest absolute Gasteiger partial charge is 0.253 e. The van der Waals surface area contributed by atoms with Crippen molar-refractivity contribution < 1.29 is 9.59 Å². The minimum absolute atomic E-state index is 0.0219. The van der Waals surface area contributed by atoms with Crippen LogP contribution in [0, 0.1) is 0 Å². The van der Waals surface area contributed by atoms with Crippen molar-refractivity contribution in [2.75, 3.05) is 13.1 Å². The molecule has 1 aliphatic rings. The van der Waals surface area contributed by atoms with Crippen molar-refractivity contribution >= 4 is 11.8 Å². The molecule has 0 unspecified atom stereocenters. The molecule has 0 aliphatic carbocycles. The largest absolute Gasteiger partial charge is 0.349 e. The summed E-state index contributed by atoms with van der Waals surface area (Å²) in [6, 6.07) is 21.3. The van der Waals surface area contributed by atoms with Crippen molar-refractivity contribution in [2.24, 2.45) is 0 Å². The molecule has 146 valence electrons. The Kier molecular flexibility index (Phi) is 5.66. The maximum atomic E-state index is 12.6. The Morgan fingerprint density at radius 1 is 0.793 bits per heavy atom. The van der Waals surface area contributed by atoms with Crippen LogP contribution in [0.5, 0.6) is 0 Å². The predicted octanol–water partition coefficient (Wildman–Crippen LogP) is 3.78. The summed E-state index contributed by atoms with van der Waals surface area (Å²) in [7, 11) is 0. The second-order valence-electron chi connectivity index (χ2n) is 7.22. The summed E-state index contributed by atoms with van der Waals surface area (Å²) in [5, 5.41) is 3.11. The lowest BCUT2D eigenvalue weighted by Crippen LogP contribution is -2.46. The molecular formula is C24H23N3O2. The van der Waals surface area contributed by atoms with E-state index in [1.165, 1.54) is 0 Å². The lowest BCUT2D eigenvalue weighted by Gasteiger charge is -2.32. The van der Waals surface area contributed by atoms with Crippen molar-refractivity contribution in [3.63, 3.8) is 0 Å². The molecule has 0 spiro atoms. The zero-order chi connectivity index (χ0) is 20.1. The highest BCUT2D eigenvalue weighted by Gasteiger charge is 2.24. The van der Waals surface area contributed by atoms with E-state index in [0.717, 1.165) is 24.0 Å². The average molecular weight is 385 g/mol. The molecule has 0 atom stereocenters. The molecule has 1 aromatic heterocycles. The van der Waals surface area contributed by atoms with Crippen LogP contribution in [0.15, 0.2) is 79.1 Å². The molecule has 1 saturated heterocycles. The van der Waals surface area contributed by atoms with Crippen LogP contribution in [0.4, 0.5) is 0 Å². The predicted molar refractivity (Wildman–Crippen MR) is 113 cm³/mol. The first-order valence-electron chi connectivity index (χ1n) is 9.86. The van der Waals surface area contributed by atoms with Gasteiger partial charge in [0.15, 0.2) is 0 Å². The summed E-state index contributed by atoms with van der Waals surface area (Å²) in [4.78, 5) is 30.9. The fourth-order valence-electron chi connectivity index (χ4n) is 3.62. The maximum Gasteiger partial charge on any atom is 0.253 e. The van der Waals surface area contributed by atoms with Crippen LogP contribution in [0.2, 0.25) is 0 Å². The van der Waals surface area contributed by atoms with Gasteiger partial charge in [-0.3, -0.25) is 14.6 Å². The number of pyridine rings is 1. The van der Waals surface area contributed by atoms with E-state index in [2.05, 4.69) is 22.4 Å². The fraction of sp³-hybridized carbons (Fsp3) is 0.208. The first kappa shape index (κ1) is 18.9. The number of benzene rings is 2. The highest BCUT2D eigenvalue weighted by Crippen LogP contribution is 2.20. The molecule has 5 heteroatoms. The molecule has 29 heavy (non-hydrogen) atoms. The first-order valence-corrected chi connectivity index (χ1v) is 9.86. The van der Waals surface area contributed by atoms with Crippen molar-refractivity contribution in [3.05, 3.63) is 90.3 Å². The molecular weight excluding hydrogens is 362 g/mol. The van der Waals surface area contributed by atoms with E-state index >= 15 is 0 Å². The lowest BCUT2D eigenvalue weighted by atomic mass is 10.0. The number of carbonyl (C=O) groups excluding carboxylic acids is 2. The Morgan fingerprint density at radius 3 is 2.07 bits per heavy atom. The van der Waals surface area contributed by atoms with E-state index in [4.69, 9.17) is 0 Å². The Morgan fingerprint density at radius 2 is 1.41 bits per heavy atom. The van der Waals surface area contributed by atoms with Crippen molar-refractivity contribution in [1.82, 2.24) is 15.2 Å². The standard InChI is InChI=1S/C24H23N3O2/c28-23(20-8-6-19(7-9-20)18-4-2-1-3-5-18)26-22-12-16-27(17-13-22)24(29)21-10-14-25-15-11-21/h1-11,14-15,22H,12-13,16-17H2,(H,26,28). The third-order valence-electron chi connectivity index (χ3n) is 5.30. The Balaban J connectivity index is 1.31. The van der Waals surface area contributed by atoms with Gasteiger partial charge >= 0.3 is 0 Å². The first-order chi connectivity index (χ1) is 14.2. The van der Waals surface area contributed by atoms with Gasteiger partial charge in [-0.1, -0.05) is 42.5 Å². The van der Waals surface area contributed by atoms with Crippen LogP contribution < -0.4 is 5.32 Å². The van der Waals surface area contributed by atoms with Crippen LogP contribution in [0.1, 0.15) is 33.6 Å². The number of piperidine rings is 1. The zero-order valence-electron chi connectivity index (χ0n) is 16.1. The van der Waals surface area contributed by atoms with Gasteiger partial charge in [-0.2, -0.15) is 0 Å². The molecule has 1 aliphatic heterocycles. The highest BCUT2D eigenvalue weighted by molar-refractivity contribution is 5.95. The molecule has 2 aromatic carbocycles. The fourth-order valence-corrected chi connectivity index (χ4v) is 3.62. The summed E-state index contributed by atoms with van der Waals surface area (Å²) in [5.74, 6) is -0.0443.